The van der Waals surface area contributed by atoms with Gasteiger partial charge in [-0.1, -0.05) is 0 Å². The monoisotopic (exact) mass is 209 g/mol. The van der Waals surface area contributed by atoms with Crippen LogP contribution < -0.4 is 5.32 Å². The quantitative estimate of drug-likeness (QED) is 0.692. The van der Waals surface area contributed by atoms with Gasteiger partial charge in [-0.05, 0) is 0 Å². The first-order valence-corrected chi connectivity index (χ1v) is 5.10. The van der Waals surface area contributed by atoms with Crippen molar-refractivity contribution in [3.05, 3.63) is 0 Å². The van der Waals surface area contributed by atoms with Gasteiger partial charge in [-0.3, -0.25) is 4.99 Å². The van der Waals surface area contributed by atoms with E-state index in [0.717, 1.165) is 32.1 Å². The maximum Gasteiger partial charge on any atom is 0.194 e. The number of hydrogen-bond donors (Lipinski definition) is 1. The van der Waals surface area contributed by atoms with Crippen molar-refractivity contribution < 1.29 is 0 Å². The van der Waals surface area contributed by atoms with E-state index in [1.807, 2.05) is 0 Å². The Morgan fingerprint density at radius 3 is 2.42 bits per heavy atom. The standard InChI is InChI=1S/C7H13Cl2N3/c8-1-5-12(6-2-9)7-10-3-4-11-7/h1-6H2,(H,10,11). The van der Waals surface area contributed by atoms with Crippen LogP contribution in [0.3, 0.4) is 0 Å². The van der Waals surface area contributed by atoms with E-state index >= 15 is 0 Å². The van der Waals surface area contributed by atoms with Crippen molar-refractivity contribution in [3.63, 3.8) is 0 Å². The summed E-state index contributed by atoms with van der Waals surface area (Å²) >= 11 is 11.3. The molecule has 0 fully saturated rings. The summed E-state index contributed by atoms with van der Waals surface area (Å²) in [6, 6.07) is 0. The van der Waals surface area contributed by atoms with E-state index in [2.05, 4.69) is 15.2 Å². The van der Waals surface area contributed by atoms with Gasteiger partial charge in [-0.15, -0.1) is 23.2 Å². The fraction of sp³-hybridized carbons (Fsp3) is 0.857. The highest BCUT2D eigenvalue weighted by Gasteiger charge is 2.12. The molecule has 0 aromatic rings. The van der Waals surface area contributed by atoms with E-state index in [9.17, 15) is 0 Å². The highest BCUT2D eigenvalue weighted by atomic mass is 35.5. The molecular formula is C7H13Cl2N3. The minimum absolute atomic E-state index is 0.609. The number of rotatable bonds is 4. The third-order valence-corrected chi connectivity index (χ3v) is 2.00. The van der Waals surface area contributed by atoms with Crippen molar-refractivity contribution in [1.29, 1.82) is 0 Å². The van der Waals surface area contributed by atoms with E-state index in [0.29, 0.717) is 11.8 Å². The van der Waals surface area contributed by atoms with E-state index in [1.165, 1.54) is 0 Å². The molecule has 5 heteroatoms. The molecule has 1 heterocycles. The van der Waals surface area contributed by atoms with Crippen molar-refractivity contribution in [2.45, 2.75) is 0 Å². The summed E-state index contributed by atoms with van der Waals surface area (Å²) in [7, 11) is 0. The van der Waals surface area contributed by atoms with Crippen molar-refractivity contribution in [2.24, 2.45) is 4.99 Å². The number of nitrogens with zero attached hydrogens (tertiary/aromatic N) is 2. The molecule has 0 unspecified atom stereocenters. The van der Waals surface area contributed by atoms with Crippen LogP contribution in [0.4, 0.5) is 0 Å². The Kier molecular flexibility index (Phi) is 4.54. The maximum atomic E-state index is 5.64. The third kappa shape index (κ3) is 2.72. The topological polar surface area (TPSA) is 27.6 Å². The summed E-state index contributed by atoms with van der Waals surface area (Å²) in [5.41, 5.74) is 0. The zero-order valence-corrected chi connectivity index (χ0v) is 8.40. The summed E-state index contributed by atoms with van der Waals surface area (Å²) < 4.78 is 0. The SMILES string of the molecule is ClCCN(CCCl)C1=NCCN1. The molecule has 1 rings (SSSR count). The second-order valence-corrected chi connectivity index (χ2v) is 3.25. The van der Waals surface area contributed by atoms with Crippen molar-refractivity contribution in [3.8, 4) is 0 Å². The van der Waals surface area contributed by atoms with Crippen LogP contribution in [-0.2, 0) is 0 Å². The zero-order chi connectivity index (χ0) is 8.81. The van der Waals surface area contributed by atoms with Crippen LogP contribution in [0, 0.1) is 0 Å². The van der Waals surface area contributed by atoms with Gasteiger partial charge in [0.1, 0.15) is 0 Å². The Morgan fingerprint density at radius 2 is 2.00 bits per heavy atom. The summed E-state index contributed by atoms with van der Waals surface area (Å²) in [5, 5.41) is 3.18. The largest absolute Gasteiger partial charge is 0.354 e. The molecular weight excluding hydrogens is 197 g/mol. The molecule has 0 amide bonds. The molecule has 0 aromatic heterocycles. The molecule has 3 nitrogen and oxygen atoms in total. The lowest BCUT2D eigenvalue weighted by Crippen LogP contribution is -2.41. The highest BCUT2D eigenvalue weighted by Crippen LogP contribution is 1.96. The average molecular weight is 210 g/mol. The van der Waals surface area contributed by atoms with Gasteiger partial charge >= 0.3 is 0 Å². The first-order chi connectivity index (χ1) is 5.88. The molecule has 0 radical (unpaired) electrons. The Hall–Kier alpha value is -0.150. The van der Waals surface area contributed by atoms with Gasteiger partial charge in [0.25, 0.3) is 0 Å². The fourth-order valence-corrected chi connectivity index (χ4v) is 1.53. The van der Waals surface area contributed by atoms with Gasteiger partial charge in [0.15, 0.2) is 5.96 Å². The zero-order valence-electron chi connectivity index (χ0n) is 6.89. The van der Waals surface area contributed by atoms with E-state index in [4.69, 9.17) is 23.2 Å². The second-order valence-electron chi connectivity index (χ2n) is 2.50. The van der Waals surface area contributed by atoms with Crippen molar-refractivity contribution in [2.75, 3.05) is 37.9 Å². The summed E-state index contributed by atoms with van der Waals surface area (Å²) in [5.74, 6) is 2.16. The van der Waals surface area contributed by atoms with Crippen LogP contribution in [0.25, 0.3) is 0 Å². The molecule has 0 aromatic carbocycles. The second kappa shape index (κ2) is 5.49. The van der Waals surface area contributed by atoms with E-state index < -0.39 is 0 Å². The lowest BCUT2D eigenvalue weighted by Gasteiger charge is -2.21. The molecule has 0 saturated heterocycles. The Labute approximate surface area is 82.7 Å². The lowest BCUT2D eigenvalue weighted by molar-refractivity contribution is 0.458. The minimum Gasteiger partial charge on any atom is -0.354 e. The van der Waals surface area contributed by atoms with Crippen LogP contribution >= 0.6 is 23.2 Å². The smallest absolute Gasteiger partial charge is 0.194 e. The number of guanidine groups is 1. The van der Waals surface area contributed by atoms with Crippen LogP contribution in [-0.4, -0.2) is 48.8 Å². The summed E-state index contributed by atoms with van der Waals surface area (Å²) in [4.78, 5) is 6.36. The molecule has 0 aliphatic carbocycles. The lowest BCUT2D eigenvalue weighted by atomic mass is 10.5. The third-order valence-electron chi connectivity index (χ3n) is 1.66. The van der Waals surface area contributed by atoms with Gasteiger partial charge in [-0.25, -0.2) is 0 Å². The van der Waals surface area contributed by atoms with Crippen LogP contribution in [0.5, 0.6) is 0 Å². The molecule has 12 heavy (non-hydrogen) atoms. The number of aliphatic imine (C=N–C) groups is 1. The van der Waals surface area contributed by atoms with Crippen LogP contribution in [0.2, 0.25) is 0 Å². The van der Waals surface area contributed by atoms with Crippen LogP contribution in [0.15, 0.2) is 4.99 Å². The molecule has 1 aliphatic rings. The molecule has 0 atom stereocenters. The Morgan fingerprint density at radius 1 is 1.33 bits per heavy atom. The fourth-order valence-electron chi connectivity index (χ4n) is 1.12. The predicted octanol–water partition coefficient (Wildman–Crippen LogP) is 0.725. The average Bonchev–Trinajstić information content (AvgIpc) is 2.56. The number of hydrogen-bond acceptors (Lipinski definition) is 3. The molecule has 0 spiro atoms. The van der Waals surface area contributed by atoms with Crippen molar-refractivity contribution >= 4 is 29.2 Å². The number of halogens is 2. The summed E-state index contributed by atoms with van der Waals surface area (Å²) in [6.07, 6.45) is 0. The molecule has 0 saturated carbocycles. The molecule has 1 aliphatic heterocycles. The maximum absolute atomic E-state index is 5.64. The van der Waals surface area contributed by atoms with Gasteiger partial charge in [0.05, 0.1) is 6.54 Å². The minimum atomic E-state index is 0.609. The Bertz CT molecular complexity index is 155. The first kappa shape index (κ1) is 9.93. The number of alkyl halides is 2. The molecule has 0 bridgehead atoms. The van der Waals surface area contributed by atoms with E-state index in [-0.39, 0.29) is 0 Å². The number of nitrogens with one attached hydrogen (secondary N) is 1. The predicted molar refractivity (Wildman–Crippen MR) is 53.3 cm³/mol. The van der Waals surface area contributed by atoms with Gasteiger partial charge < -0.3 is 10.2 Å². The van der Waals surface area contributed by atoms with Crippen LogP contribution in [0.1, 0.15) is 0 Å². The van der Waals surface area contributed by atoms with Crippen molar-refractivity contribution in [1.82, 2.24) is 10.2 Å². The molecule has 70 valence electrons. The highest BCUT2D eigenvalue weighted by molar-refractivity contribution is 6.18. The van der Waals surface area contributed by atoms with Gasteiger partial charge in [-0.2, -0.15) is 0 Å². The summed E-state index contributed by atoms with van der Waals surface area (Å²) in [6.45, 7) is 3.40. The Balaban J connectivity index is 2.40. The van der Waals surface area contributed by atoms with Gasteiger partial charge in [0.2, 0.25) is 0 Å². The molecule has 1 N–H and O–H groups in total. The normalized spacial score (nSPS) is 15.7. The van der Waals surface area contributed by atoms with Gasteiger partial charge in [0, 0.05) is 31.4 Å². The van der Waals surface area contributed by atoms with E-state index in [1.54, 1.807) is 0 Å². The first-order valence-electron chi connectivity index (χ1n) is 4.03.